The number of methoxy groups -OCH3 is 1. The minimum atomic E-state index is -0.442. The van der Waals surface area contributed by atoms with Crippen LogP contribution in [0.3, 0.4) is 0 Å². The molecule has 0 unspecified atom stereocenters. The number of anilines is 1. The van der Waals surface area contributed by atoms with Crippen molar-refractivity contribution in [3.63, 3.8) is 0 Å². The Kier molecular flexibility index (Phi) is 5.01. The summed E-state index contributed by atoms with van der Waals surface area (Å²) < 4.78 is 10.8. The van der Waals surface area contributed by atoms with Crippen molar-refractivity contribution in [2.45, 2.75) is 25.4 Å². The zero-order chi connectivity index (χ0) is 16.9. The van der Waals surface area contributed by atoms with Crippen molar-refractivity contribution < 1.29 is 19.4 Å². The molecule has 1 aliphatic carbocycles. The summed E-state index contributed by atoms with van der Waals surface area (Å²) >= 11 is 0. The molecule has 1 amide bonds. The van der Waals surface area contributed by atoms with Crippen molar-refractivity contribution >= 4 is 11.6 Å². The Morgan fingerprint density at radius 3 is 2.96 bits per heavy atom. The Labute approximate surface area is 141 Å². The highest BCUT2D eigenvalue weighted by Gasteiger charge is 2.21. The van der Waals surface area contributed by atoms with Gasteiger partial charge in [0.05, 0.1) is 13.2 Å². The minimum Gasteiger partial charge on any atom is -0.497 e. The van der Waals surface area contributed by atoms with Crippen LogP contribution in [0.2, 0.25) is 0 Å². The van der Waals surface area contributed by atoms with E-state index in [2.05, 4.69) is 5.32 Å². The molecule has 0 saturated heterocycles. The summed E-state index contributed by atoms with van der Waals surface area (Å²) in [7, 11) is 1.58. The molecule has 0 spiro atoms. The Hall–Kier alpha value is -2.53. The maximum absolute atomic E-state index is 12.1. The lowest BCUT2D eigenvalue weighted by Crippen LogP contribution is -2.21. The number of carbonyl (C=O) groups excluding carboxylic acids is 1. The van der Waals surface area contributed by atoms with E-state index in [9.17, 15) is 9.90 Å². The van der Waals surface area contributed by atoms with Crippen molar-refractivity contribution in [2.24, 2.45) is 0 Å². The van der Waals surface area contributed by atoms with Crippen LogP contribution in [-0.4, -0.2) is 24.7 Å². The van der Waals surface area contributed by atoms with Gasteiger partial charge in [0.25, 0.3) is 5.91 Å². The van der Waals surface area contributed by atoms with E-state index in [1.54, 1.807) is 19.2 Å². The first kappa shape index (κ1) is 16.3. The van der Waals surface area contributed by atoms with Gasteiger partial charge < -0.3 is 19.9 Å². The second-order valence-electron chi connectivity index (χ2n) is 5.80. The lowest BCUT2D eigenvalue weighted by molar-refractivity contribution is -0.118. The first-order valence-corrected chi connectivity index (χ1v) is 8.04. The zero-order valence-electron chi connectivity index (χ0n) is 13.6. The normalized spacial score (nSPS) is 16.2. The number of hydrogen-bond donors (Lipinski definition) is 2. The predicted molar refractivity (Wildman–Crippen MR) is 91.5 cm³/mol. The number of benzene rings is 2. The third-order valence-electron chi connectivity index (χ3n) is 4.14. The first-order valence-electron chi connectivity index (χ1n) is 8.04. The van der Waals surface area contributed by atoms with Crippen LogP contribution in [-0.2, 0) is 11.2 Å². The van der Waals surface area contributed by atoms with E-state index in [0.717, 1.165) is 30.4 Å². The van der Waals surface area contributed by atoms with Gasteiger partial charge in [-0.1, -0.05) is 18.2 Å². The molecule has 0 radical (unpaired) electrons. The van der Waals surface area contributed by atoms with Crippen LogP contribution in [0.1, 0.15) is 30.1 Å². The SMILES string of the molecule is COc1cccc(NC(=O)COc2cccc3c2CCC[C@@H]3O)c1. The van der Waals surface area contributed by atoms with Gasteiger partial charge in [-0.25, -0.2) is 0 Å². The summed E-state index contributed by atoms with van der Waals surface area (Å²) in [5, 5.41) is 12.8. The van der Waals surface area contributed by atoms with Crippen LogP contribution in [0.25, 0.3) is 0 Å². The third-order valence-corrected chi connectivity index (χ3v) is 4.14. The van der Waals surface area contributed by atoms with Gasteiger partial charge in [0.1, 0.15) is 11.5 Å². The van der Waals surface area contributed by atoms with Gasteiger partial charge in [-0.2, -0.15) is 0 Å². The van der Waals surface area contributed by atoms with Gasteiger partial charge in [0.2, 0.25) is 0 Å². The molecule has 0 bridgehead atoms. The summed E-state index contributed by atoms with van der Waals surface area (Å²) in [4.78, 5) is 12.1. The fourth-order valence-corrected chi connectivity index (χ4v) is 2.97. The van der Waals surface area contributed by atoms with Crippen molar-refractivity contribution in [3.8, 4) is 11.5 Å². The Morgan fingerprint density at radius 2 is 2.12 bits per heavy atom. The average Bonchev–Trinajstić information content (AvgIpc) is 2.60. The maximum atomic E-state index is 12.1. The molecule has 2 aromatic carbocycles. The highest BCUT2D eigenvalue weighted by atomic mass is 16.5. The van der Waals surface area contributed by atoms with Crippen molar-refractivity contribution in [3.05, 3.63) is 53.6 Å². The smallest absolute Gasteiger partial charge is 0.262 e. The minimum absolute atomic E-state index is 0.0796. The number of aliphatic hydroxyl groups excluding tert-OH is 1. The van der Waals surface area contributed by atoms with E-state index in [1.165, 1.54) is 0 Å². The summed E-state index contributed by atoms with van der Waals surface area (Å²) in [6.07, 6.45) is 2.11. The Morgan fingerprint density at radius 1 is 1.29 bits per heavy atom. The molecule has 5 nitrogen and oxygen atoms in total. The van der Waals surface area contributed by atoms with E-state index >= 15 is 0 Å². The highest BCUT2D eigenvalue weighted by molar-refractivity contribution is 5.92. The number of hydrogen-bond acceptors (Lipinski definition) is 4. The topological polar surface area (TPSA) is 67.8 Å². The van der Waals surface area contributed by atoms with Crippen LogP contribution in [0, 0.1) is 0 Å². The molecule has 3 rings (SSSR count). The number of carbonyl (C=O) groups is 1. The molecule has 0 heterocycles. The molecule has 0 aliphatic heterocycles. The van der Waals surface area contributed by atoms with Crippen molar-refractivity contribution in [1.29, 1.82) is 0 Å². The van der Waals surface area contributed by atoms with Gasteiger partial charge in [-0.05, 0) is 48.6 Å². The molecule has 0 saturated carbocycles. The molecule has 0 aromatic heterocycles. The van der Waals surface area contributed by atoms with E-state index in [1.807, 2.05) is 30.3 Å². The largest absolute Gasteiger partial charge is 0.497 e. The number of rotatable bonds is 5. The molecule has 2 aromatic rings. The van der Waals surface area contributed by atoms with Crippen LogP contribution in [0.15, 0.2) is 42.5 Å². The number of ether oxygens (including phenoxy) is 2. The van der Waals surface area contributed by atoms with Gasteiger partial charge in [-0.15, -0.1) is 0 Å². The molecule has 1 atom stereocenters. The van der Waals surface area contributed by atoms with E-state index in [4.69, 9.17) is 9.47 Å². The highest BCUT2D eigenvalue weighted by Crippen LogP contribution is 2.35. The molecule has 5 heteroatoms. The number of amides is 1. The van der Waals surface area contributed by atoms with Crippen LogP contribution < -0.4 is 14.8 Å². The Balaban J connectivity index is 1.63. The van der Waals surface area contributed by atoms with Crippen molar-refractivity contribution in [2.75, 3.05) is 19.0 Å². The number of nitrogens with one attached hydrogen (secondary N) is 1. The summed E-state index contributed by atoms with van der Waals surface area (Å²) in [5.41, 5.74) is 2.57. The molecular weight excluding hydrogens is 306 g/mol. The van der Waals surface area contributed by atoms with Gasteiger partial charge in [0, 0.05) is 11.8 Å². The maximum Gasteiger partial charge on any atom is 0.262 e. The van der Waals surface area contributed by atoms with E-state index in [-0.39, 0.29) is 12.5 Å². The predicted octanol–water partition coefficient (Wildman–Crippen LogP) is 3.08. The molecular formula is C19H21NO4. The molecule has 2 N–H and O–H groups in total. The molecule has 1 aliphatic rings. The van der Waals surface area contributed by atoms with Gasteiger partial charge in [-0.3, -0.25) is 4.79 Å². The molecule has 24 heavy (non-hydrogen) atoms. The van der Waals surface area contributed by atoms with Crippen molar-refractivity contribution in [1.82, 2.24) is 0 Å². The first-order chi connectivity index (χ1) is 11.7. The standard InChI is InChI=1S/C19H21NO4/c1-23-14-6-2-5-13(11-14)20-19(22)12-24-18-10-4-7-15-16(18)8-3-9-17(15)21/h2,4-7,10-11,17,21H,3,8-9,12H2,1H3,(H,20,22)/t17-/m0/s1. The zero-order valence-corrected chi connectivity index (χ0v) is 13.6. The second kappa shape index (κ2) is 7.36. The van der Waals surface area contributed by atoms with Crippen LogP contribution >= 0.6 is 0 Å². The summed E-state index contributed by atoms with van der Waals surface area (Å²) in [5.74, 6) is 1.11. The lowest BCUT2D eigenvalue weighted by Gasteiger charge is -2.23. The fourth-order valence-electron chi connectivity index (χ4n) is 2.97. The summed E-state index contributed by atoms with van der Waals surface area (Å²) in [6.45, 7) is -0.0796. The monoisotopic (exact) mass is 327 g/mol. The fraction of sp³-hybridized carbons (Fsp3) is 0.316. The Bertz CT molecular complexity index is 729. The van der Waals surface area contributed by atoms with E-state index in [0.29, 0.717) is 17.2 Å². The van der Waals surface area contributed by atoms with Crippen LogP contribution in [0.5, 0.6) is 11.5 Å². The molecule has 0 fully saturated rings. The van der Waals surface area contributed by atoms with E-state index < -0.39 is 6.10 Å². The van der Waals surface area contributed by atoms with Gasteiger partial charge in [0.15, 0.2) is 6.61 Å². The summed E-state index contributed by atoms with van der Waals surface area (Å²) in [6, 6.07) is 12.8. The molecule has 126 valence electrons. The third kappa shape index (κ3) is 3.68. The van der Waals surface area contributed by atoms with Gasteiger partial charge >= 0.3 is 0 Å². The lowest BCUT2D eigenvalue weighted by atomic mass is 9.89. The number of aliphatic hydroxyl groups is 1. The number of fused-ring (bicyclic) bond motifs is 1. The van der Waals surface area contributed by atoms with Crippen LogP contribution in [0.4, 0.5) is 5.69 Å². The average molecular weight is 327 g/mol. The second-order valence-corrected chi connectivity index (χ2v) is 5.80. The quantitative estimate of drug-likeness (QED) is 0.885.